The Kier molecular flexibility index (Phi) is 4.85. The zero-order chi connectivity index (χ0) is 14.5. The summed E-state index contributed by atoms with van der Waals surface area (Å²) in [5.74, 6) is 1.32. The number of rotatable bonds is 6. The van der Waals surface area contributed by atoms with Crippen LogP contribution in [-0.2, 0) is 0 Å². The van der Waals surface area contributed by atoms with Crippen LogP contribution in [0.3, 0.4) is 0 Å². The van der Waals surface area contributed by atoms with Gasteiger partial charge in [0.25, 0.3) is 11.7 Å². The number of carbonyl (C=O) groups is 1. The summed E-state index contributed by atoms with van der Waals surface area (Å²) in [6, 6.07) is 0.112. The minimum absolute atomic E-state index is 0.112. The summed E-state index contributed by atoms with van der Waals surface area (Å²) in [6.45, 7) is 1.66. The molecule has 1 unspecified atom stereocenters. The molecule has 3 rings (SSSR count). The van der Waals surface area contributed by atoms with Crippen LogP contribution in [0.2, 0.25) is 0 Å². The summed E-state index contributed by atoms with van der Waals surface area (Å²) >= 11 is 0. The van der Waals surface area contributed by atoms with E-state index >= 15 is 0 Å². The van der Waals surface area contributed by atoms with E-state index in [1.807, 2.05) is 0 Å². The van der Waals surface area contributed by atoms with Gasteiger partial charge >= 0.3 is 0 Å². The minimum atomic E-state index is -0.227. The molecule has 2 heterocycles. The van der Waals surface area contributed by atoms with Crippen molar-refractivity contribution >= 4 is 5.91 Å². The van der Waals surface area contributed by atoms with E-state index in [9.17, 15) is 4.79 Å². The van der Waals surface area contributed by atoms with E-state index in [1.165, 1.54) is 32.1 Å². The maximum atomic E-state index is 12.0. The highest BCUT2D eigenvalue weighted by Gasteiger charge is 2.24. The molecule has 0 radical (unpaired) electrons. The lowest BCUT2D eigenvalue weighted by atomic mass is 10.0. The van der Waals surface area contributed by atoms with Gasteiger partial charge in [0.1, 0.15) is 0 Å². The summed E-state index contributed by atoms with van der Waals surface area (Å²) in [4.78, 5) is 16.1. The molecule has 1 aliphatic carbocycles. The number of nitrogens with zero attached hydrogens (tertiary/aromatic N) is 2. The third kappa shape index (κ3) is 3.81. The number of nitrogens with one attached hydrogen (secondary N) is 2. The molecule has 2 N–H and O–H groups in total. The van der Waals surface area contributed by atoms with Crippen molar-refractivity contribution in [3.05, 3.63) is 11.7 Å². The molecule has 1 saturated carbocycles. The fourth-order valence-electron chi connectivity index (χ4n) is 3.34. The first kappa shape index (κ1) is 14.5. The molecule has 0 bridgehead atoms. The maximum absolute atomic E-state index is 12.0. The minimum Gasteiger partial charge on any atom is -0.349 e. The van der Waals surface area contributed by atoms with E-state index < -0.39 is 0 Å². The molecule has 1 aromatic heterocycles. The predicted molar refractivity (Wildman–Crippen MR) is 77.8 cm³/mol. The predicted octanol–water partition coefficient (Wildman–Crippen LogP) is 2.19. The van der Waals surface area contributed by atoms with Crippen molar-refractivity contribution in [3.63, 3.8) is 0 Å². The smallest absolute Gasteiger partial charge is 0.292 e. The van der Waals surface area contributed by atoms with Crippen molar-refractivity contribution in [3.8, 4) is 0 Å². The van der Waals surface area contributed by atoms with Gasteiger partial charge in [-0.3, -0.25) is 4.79 Å². The number of amides is 1. The van der Waals surface area contributed by atoms with Crippen molar-refractivity contribution in [2.75, 3.05) is 13.1 Å². The van der Waals surface area contributed by atoms with E-state index in [4.69, 9.17) is 4.52 Å². The highest BCUT2D eigenvalue weighted by molar-refractivity contribution is 5.90. The Hall–Kier alpha value is -1.43. The summed E-state index contributed by atoms with van der Waals surface area (Å²) in [5.41, 5.74) is 0. The molecule has 6 heteroatoms. The van der Waals surface area contributed by atoms with E-state index in [1.54, 1.807) is 0 Å². The number of aromatic nitrogens is 2. The SMILES string of the molecule is O=C(NCCCC1CCCC1)c1noc(C2CCCN2)n1. The lowest BCUT2D eigenvalue weighted by Crippen LogP contribution is -2.26. The Labute approximate surface area is 125 Å². The maximum Gasteiger partial charge on any atom is 0.292 e. The van der Waals surface area contributed by atoms with Crippen molar-refractivity contribution in [1.29, 1.82) is 0 Å². The van der Waals surface area contributed by atoms with E-state index in [0.717, 1.165) is 31.7 Å². The van der Waals surface area contributed by atoms with Gasteiger partial charge in [-0.1, -0.05) is 30.8 Å². The number of hydrogen-bond acceptors (Lipinski definition) is 5. The average Bonchev–Trinajstić information content (AvgIpc) is 3.25. The second kappa shape index (κ2) is 7.02. The third-order valence-electron chi connectivity index (χ3n) is 4.55. The molecule has 0 spiro atoms. The lowest BCUT2D eigenvalue weighted by Gasteiger charge is -2.08. The lowest BCUT2D eigenvalue weighted by molar-refractivity contribution is 0.0939. The molecule has 21 heavy (non-hydrogen) atoms. The molecule has 0 aromatic carbocycles. The molecule has 2 aliphatic rings. The van der Waals surface area contributed by atoms with Crippen molar-refractivity contribution in [2.45, 2.75) is 57.4 Å². The van der Waals surface area contributed by atoms with Crippen LogP contribution in [0.5, 0.6) is 0 Å². The summed E-state index contributed by atoms with van der Waals surface area (Å²) in [6.07, 6.45) is 9.80. The number of carbonyl (C=O) groups excluding carboxylic acids is 1. The van der Waals surface area contributed by atoms with E-state index in [2.05, 4.69) is 20.8 Å². The van der Waals surface area contributed by atoms with Gasteiger partial charge < -0.3 is 15.2 Å². The largest absolute Gasteiger partial charge is 0.349 e. The third-order valence-corrected chi connectivity index (χ3v) is 4.55. The standard InChI is InChI=1S/C15H24N4O2/c20-14(17-10-3-7-11-5-1-2-6-11)13-18-15(21-19-13)12-8-4-9-16-12/h11-12,16H,1-10H2,(H,17,20). The van der Waals surface area contributed by atoms with Gasteiger partial charge in [-0.25, -0.2) is 0 Å². The second-order valence-electron chi connectivity index (χ2n) is 6.15. The first-order valence-corrected chi connectivity index (χ1v) is 8.18. The fourth-order valence-corrected chi connectivity index (χ4v) is 3.34. The summed E-state index contributed by atoms with van der Waals surface area (Å²) in [7, 11) is 0. The molecule has 1 amide bonds. The van der Waals surface area contributed by atoms with Gasteiger partial charge in [0.15, 0.2) is 0 Å². The van der Waals surface area contributed by atoms with Crippen LogP contribution in [0.4, 0.5) is 0 Å². The van der Waals surface area contributed by atoms with E-state index in [0.29, 0.717) is 12.4 Å². The Balaban J connectivity index is 1.40. The van der Waals surface area contributed by atoms with Crippen LogP contribution in [0.25, 0.3) is 0 Å². The quantitative estimate of drug-likeness (QED) is 0.786. The Morgan fingerprint density at radius 1 is 1.29 bits per heavy atom. The van der Waals surface area contributed by atoms with Gasteiger partial charge in [0.2, 0.25) is 5.89 Å². The highest BCUT2D eigenvalue weighted by Crippen LogP contribution is 2.28. The van der Waals surface area contributed by atoms with E-state index in [-0.39, 0.29) is 17.8 Å². The highest BCUT2D eigenvalue weighted by atomic mass is 16.5. The van der Waals surface area contributed by atoms with Crippen LogP contribution < -0.4 is 10.6 Å². The molecule has 1 atom stereocenters. The molecule has 1 saturated heterocycles. The van der Waals surface area contributed by atoms with Crippen molar-refractivity contribution < 1.29 is 9.32 Å². The topological polar surface area (TPSA) is 80.0 Å². The van der Waals surface area contributed by atoms with Gasteiger partial charge in [-0.05, 0) is 38.1 Å². The molecule has 116 valence electrons. The summed E-state index contributed by atoms with van der Waals surface area (Å²) in [5, 5.41) is 9.94. The Morgan fingerprint density at radius 2 is 2.14 bits per heavy atom. The molecule has 1 aliphatic heterocycles. The van der Waals surface area contributed by atoms with Gasteiger partial charge in [0, 0.05) is 6.54 Å². The first-order valence-electron chi connectivity index (χ1n) is 8.18. The number of hydrogen-bond donors (Lipinski definition) is 2. The van der Waals surface area contributed by atoms with Crippen LogP contribution >= 0.6 is 0 Å². The van der Waals surface area contributed by atoms with Crippen LogP contribution in [0, 0.1) is 5.92 Å². The molecule has 2 fully saturated rings. The molecule has 1 aromatic rings. The molecular formula is C15H24N4O2. The zero-order valence-electron chi connectivity index (χ0n) is 12.4. The summed E-state index contributed by atoms with van der Waals surface area (Å²) < 4.78 is 5.17. The van der Waals surface area contributed by atoms with Gasteiger partial charge in [-0.2, -0.15) is 4.98 Å². The first-order chi connectivity index (χ1) is 10.3. The van der Waals surface area contributed by atoms with Crippen LogP contribution in [0.1, 0.15) is 73.9 Å². The fraction of sp³-hybridized carbons (Fsp3) is 0.800. The Bertz CT molecular complexity index is 462. The monoisotopic (exact) mass is 292 g/mol. The average molecular weight is 292 g/mol. The van der Waals surface area contributed by atoms with Crippen LogP contribution in [-0.4, -0.2) is 29.1 Å². The zero-order valence-corrected chi connectivity index (χ0v) is 12.4. The molecular weight excluding hydrogens is 268 g/mol. The molecule has 6 nitrogen and oxygen atoms in total. The second-order valence-corrected chi connectivity index (χ2v) is 6.15. The normalized spacial score (nSPS) is 22.8. The van der Waals surface area contributed by atoms with Gasteiger partial charge in [-0.15, -0.1) is 0 Å². The van der Waals surface area contributed by atoms with Crippen molar-refractivity contribution in [2.24, 2.45) is 5.92 Å². The van der Waals surface area contributed by atoms with Crippen molar-refractivity contribution in [1.82, 2.24) is 20.8 Å². The van der Waals surface area contributed by atoms with Gasteiger partial charge in [0.05, 0.1) is 6.04 Å². The van der Waals surface area contributed by atoms with Crippen LogP contribution in [0.15, 0.2) is 4.52 Å². The Morgan fingerprint density at radius 3 is 2.90 bits per heavy atom.